The van der Waals surface area contributed by atoms with Gasteiger partial charge in [0, 0.05) is 24.2 Å². The summed E-state index contributed by atoms with van der Waals surface area (Å²) >= 11 is 0. The van der Waals surface area contributed by atoms with Crippen LogP contribution in [0.1, 0.15) is 6.23 Å². The van der Waals surface area contributed by atoms with Gasteiger partial charge >= 0.3 is 0 Å². The maximum atomic E-state index is 9.12. The van der Waals surface area contributed by atoms with Gasteiger partial charge in [0.05, 0.1) is 18.6 Å². The molecule has 0 aromatic carbocycles. The summed E-state index contributed by atoms with van der Waals surface area (Å²) < 4.78 is 12.8. The van der Waals surface area contributed by atoms with E-state index in [4.69, 9.17) is 20.3 Å². The van der Waals surface area contributed by atoms with E-state index in [0.717, 1.165) is 5.56 Å². The third-order valence-electron chi connectivity index (χ3n) is 3.58. The number of hydrogen-bond donors (Lipinski definition) is 3. The molecule has 9 nitrogen and oxygen atoms in total. The van der Waals surface area contributed by atoms with E-state index in [1.165, 1.54) is 6.33 Å². The highest BCUT2D eigenvalue weighted by Crippen LogP contribution is 2.34. The van der Waals surface area contributed by atoms with Crippen LogP contribution in [0.4, 0.5) is 5.82 Å². The second kappa shape index (κ2) is 5.05. The number of hydrogen-bond acceptors (Lipinski definition) is 7. The molecule has 1 saturated heterocycles. The fraction of sp³-hybridized carbons (Fsp3) is 0.308. The molecule has 22 heavy (non-hydrogen) atoms. The van der Waals surface area contributed by atoms with E-state index in [2.05, 4.69) is 19.9 Å². The number of aliphatic hydroxyl groups excluding tert-OH is 1. The van der Waals surface area contributed by atoms with Crippen molar-refractivity contribution in [3.05, 3.63) is 24.9 Å². The van der Waals surface area contributed by atoms with E-state index in [9.17, 15) is 0 Å². The van der Waals surface area contributed by atoms with Crippen LogP contribution in [0, 0.1) is 0 Å². The predicted molar refractivity (Wildman–Crippen MR) is 76.5 cm³/mol. The summed E-state index contributed by atoms with van der Waals surface area (Å²) in [5.41, 5.74) is 7.43. The third kappa shape index (κ3) is 1.95. The zero-order valence-electron chi connectivity index (χ0n) is 11.5. The molecular formula is C13H14N6O3. The van der Waals surface area contributed by atoms with Gasteiger partial charge < -0.3 is 29.9 Å². The first-order valence-corrected chi connectivity index (χ1v) is 6.76. The molecule has 1 aliphatic rings. The molecule has 0 amide bonds. The molecule has 0 bridgehead atoms. The Bertz CT molecular complexity index is 800. The van der Waals surface area contributed by atoms with Crippen molar-refractivity contribution in [3.63, 3.8) is 0 Å². The number of fused-ring (bicyclic) bond motifs is 1. The number of aromatic nitrogens is 5. The summed E-state index contributed by atoms with van der Waals surface area (Å²) in [6.07, 6.45) is 5.62. The molecule has 1 aliphatic heterocycles. The van der Waals surface area contributed by atoms with Crippen molar-refractivity contribution >= 4 is 16.9 Å². The highest BCUT2D eigenvalue weighted by atomic mass is 16.7. The van der Waals surface area contributed by atoms with Crippen LogP contribution >= 0.6 is 0 Å². The smallest absolute Gasteiger partial charge is 0.183 e. The number of nitrogens with one attached hydrogen (secondary N) is 1. The van der Waals surface area contributed by atoms with Crippen molar-refractivity contribution < 1.29 is 14.6 Å². The van der Waals surface area contributed by atoms with Crippen molar-refractivity contribution in [2.24, 2.45) is 0 Å². The first-order chi connectivity index (χ1) is 10.8. The zero-order valence-corrected chi connectivity index (χ0v) is 11.5. The highest BCUT2D eigenvalue weighted by molar-refractivity contribution is 5.99. The van der Waals surface area contributed by atoms with Crippen LogP contribution < -0.4 is 5.73 Å². The lowest BCUT2D eigenvalue weighted by Gasteiger charge is -2.12. The van der Waals surface area contributed by atoms with E-state index in [-0.39, 0.29) is 6.61 Å². The van der Waals surface area contributed by atoms with Gasteiger partial charge in [-0.1, -0.05) is 0 Å². The van der Waals surface area contributed by atoms with Crippen molar-refractivity contribution in [3.8, 4) is 11.4 Å². The average molecular weight is 302 g/mol. The van der Waals surface area contributed by atoms with E-state index >= 15 is 0 Å². The number of rotatable bonds is 3. The quantitative estimate of drug-likeness (QED) is 0.634. The van der Waals surface area contributed by atoms with Gasteiger partial charge in [-0.3, -0.25) is 0 Å². The van der Waals surface area contributed by atoms with Gasteiger partial charge in [0.25, 0.3) is 0 Å². The second-order valence-electron chi connectivity index (χ2n) is 4.88. The molecule has 3 aromatic rings. The van der Waals surface area contributed by atoms with Gasteiger partial charge in [-0.05, 0) is 0 Å². The Hall–Kier alpha value is -2.49. The summed E-state index contributed by atoms with van der Waals surface area (Å²) in [5.74, 6) is 1.04. The first kappa shape index (κ1) is 13.2. The molecule has 0 saturated carbocycles. The number of nitrogens with zero attached hydrogens (tertiary/aromatic N) is 4. The number of aromatic amines is 1. The molecule has 3 aromatic heterocycles. The number of nitrogen functional groups attached to an aromatic ring is 1. The van der Waals surface area contributed by atoms with Crippen LogP contribution in [0.5, 0.6) is 0 Å². The molecule has 4 N–H and O–H groups in total. The van der Waals surface area contributed by atoms with Crippen LogP contribution in [-0.4, -0.2) is 49.1 Å². The van der Waals surface area contributed by atoms with Gasteiger partial charge in [-0.2, -0.15) is 0 Å². The van der Waals surface area contributed by atoms with Crippen molar-refractivity contribution in [2.45, 2.75) is 12.5 Å². The standard InChI is InChI=1S/C13H14N6O3/c14-11-10-7(12-15-1-2-16-12)3-19(13(10)18-6-17-11)8-5-21-9(4-20)22-8/h1-3,6,8-9,20H,4-5H2,(H,15,16)(H2,14,17,18)/t8-,9-/m1/s1. The molecule has 9 heteroatoms. The Morgan fingerprint density at radius 3 is 3.05 bits per heavy atom. The van der Waals surface area contributed by atoms with Crippen LogP contribution in [-0.2, 0) is 9.47 Å². The van der Waals surface area contributed by atoms with E-state index in [1.807, 2.05) is 10.8 Å². The minimum Gasteiger partial charge on any atom is -0.391 e. The molecule has 0 unspecified atom stereocenters. The fourth-order valence-electron chi connectivity index (χ4n) is 2.61. The Labute approximate surface area is 124 Å². The second-order valence-corrected chi connectivity index (χ2v) is 4.88. The van der Waals surface area contributed by atoms with Crippen LogP contribution in [0.3, 0.4) is 0 Å². The van der Waals surface area contributed by atoms with Crippen molar-refractivity contribution in [1.29, 1.82) is 0 Å². The number of imidazole rings is 1. The monoisotopic (exact) mass is 302 g/mol. The molecule has 1 fully saturated rings. The number of aliphatic hydroxyl groups is 1. The van der Waals surface area contributed by atoms with Crippen LogP contribution in [0.15, 0.2) is 24.9 Å². The summed E-state index contributed by atoms with van der Waals surface area (Å²) in [6, 6.07) is 0. The number of nitrogens with two attached hydrogens (primary N) is 1. The lowest BCUT2D eigenvalue weighted by atomic mass is 10.2. The van der Waals surface area contributed by atoms with Gasteiger partial charge in [0.15, 0.2) is 12.5 Å². The number of anilines is 1. The van der Waals surface area contributed by atoms with Gasteiger partial charge in [0.1, 0.15) is 23.6 Å². The number of H-pyrrole nitrogens is 1. The number of ether oxygens (including phenoxy) is 2. The summed E-state index contributed by atoms with van der Waals surface area (Å²) in [7, 11) is 0. The van der Waals surface area contributed by atoms with Gasteiger partial charge in [0.2, 0.25) is 0 Å². The first-order valence-electron chi connectivity index (χ1n) is 6.76. The molecule has 4 heterocycles. The van der Waals surface area contributed by atoms with Crippen molar-refractivity contribution in [2.75, 3.05) is 18.9 Å². The van der Waals surface area contributed by atoms with Crippen molar-refractivity contribution in [1.82, 2.24) is 24.5 Å². The average Bonchev–Trinajstić information content (AvgIpc) is 3.26. The molecule has 0 aliphatic carbocycles. The van der Waals surface area contributed by atoms with Crippen LogP contribution in [0.25, 0.3) is 22.4 Å². The Kier molecular flexibility index (Phi) is 3.03. The Balaban J connectivity index is 1.88. The molecule has 0 spiro atoms. The summed E-state index contributed by atoms with van der Waals surface area (Å²) in [4.78, 5) is 15.7. The van der Waals surface area contributed by atoms with Gasteiger partial charge in [-0.25, -0.2) is 15.0 Å². The Morgan fingerprint density at radius 1 is 1.41 bits per heavy atom. The van der Waals surface area contributed by atoms with E-state index in [0.29, 0.717) is 29.3 Å². The lowest BCUT2D eigenvalue weighted by molar-refractivity contribution is -0.0979. The summed E-state index contributed by atoms with van der Waals surface area (Å²) in [6.45, 7) is 0.119. The normalized spacial score (nSPS) is 21.7. The Morgan fingerprint density at radius 2 is 2.32 bits per heavy atom. The van der Waals surface area contributed by atoms with Gasteiger partial charge in [-0.15, -0.1) is 0 Å². The summed E-state index contributed by atoms with van der Waals surface area (Å²) in [5, 5.41) is 9.83. The molecule has 0 radical (unpaired) electrons. The van der Waals surface area contributed by atoms with Crippen LogP contribution in [0.2, 0.25) is 0 Å². The molecule has 2 atom stereocenters. The molecular weight excluding hydrogens is 288 g/mol. The largest absolute Gasteiger partial charge is 0.391 e. The SMILES string of the molecule is Nc1ncnc2c1c(-c1ncc[nH]1)cn2[C@H]1CO[C@@H](CO)O1. The van der Waals surface area contributed by atoms with E-state index in [1.54, 1.807) is 12.4 Å². The maximum absolute atomic E-state index is 9.12. The lowest BCUT2D eigenvalue weighted by Crippen LogP contribution is -2.15. The molecule has 114 valence electrons. The fourth-order valence-corrected chi connectivity index (χ4v) is 2.61. The minimum atomic E-state index is -0.631. The highest BCUT2D eigenvalue weighted by Gasteiger charge is 2.29. The third-order valence-corrected chi connectivity index (χ3v) is 3.58. The minimum absolute atomic E-state index is 0.197. The molecule has 4 rings (SSSR count). The zero-order chi connectivity index (χ0) is 15.1. The predicted octanol–water partition coefficient (Wildman–Crippen LogP) is 0.267. The van der Waals surface area contributed by atoms with E-state index < -0.39 is 12.5 Å². The topological polar surface area (TPSA) is 124 Å². The maximum Gasteiger partial charge on any atom is 0.183 e.